The van der Waals surface area contributed by atoms with Crippen LogP contribution in [0, 0.1) is 10.8 Å². The highest BCUT2D eigenvalue weighted by molar-refractivity contribution is 5.13. The lowest BCUT2D eigenvalue weighted by molar-refractivity contribution is 0.0124. The third-order valence-electron chi connectivity index (χ3n) is 4.70. The quantitative estimate of drug-likeness (QED) is 0.687. The smallest absolute Gasteiger partial charge is 0.00723 e. The molecule has 2 aliphatic rings. The predicted octanol–water partition coefficient (Wildman–Crippen LogP) is 2.69. The molecular formula is C11H21N. The Balaban J connectivity index is 2.15. The molecule has 0 aromatic carbocycles. The Morgan fingerprint density at radius 3 is 1.92 bits per heavy atom. The van der Waals surface area contributed by atoms with Gasteiger partial charge in [-0.1, -0.05) is 13.3 Å². The van der Waals surface area contributed by atoms with Gasteiger partial charge in [0, 0.05) is 6.04 Å². The summed E-state index contributed by atoms with van der Waals surface area (Å²) >= 11 is 0. The van der Waals surface area contributed by atoms with Crippen LogP contribution in [-0.4, -0.2) is 6.04 Å². The number of hydrogen-bond acceptors (Lipinski definition) is 1. The first-order valence-electron chi connectivity index (χ1n) is 5.42. The third-order valence-corrected chi connectivity index (χ3v) is 4.70. The summed E-state index contributed by atoms with van der Waals surface area (Å²) < 4.78 is 0. The number of rotatable bonds is 3. The van der Waals surface area contributed by atoms with E-state index in [1.165, 1.54) is 38.5 Å². The summed E-state index contributed by atoms with van der Waals surface area (Å²) in [5.41, 5.74) is 7.34. The van der Waals surface area contributed by atoms with E-state index in [1.54, 1.807) is 0 Å². The number of nitrogens with two attached hydrogens (primary N) is 1. The molecule has 0 aromatic rings. The van der Waals surface area contributed by atoms with E-state index in [0.717, 1.165) is 0 Å². The van der Waals surface area contributed by atoms with E-state index in [-0.39, 0.29) is 0 Å². The summed E-state index contributed by atoms with van der Waals surface area (Å²) in [5, 5.41) is 0. The molecular weight excluding hydrogens is 146 g/mol. The van der Waals surface area contributed by atoms with Crippen LogP contribution < -0.4 is 5.73 Å². The van der Waals surface area contributed by atoms with Crippen molar-refractivity contribution in [2.24, 2.45) is 16.6 Å². The average Bonchev–Trinajstić information content (AvgIpc) is 2.67. The largest absolute Gasteiger partial charge is 0.327 e. The fourth-order valence-corrected chi connectivity index (χ4v) is 3.41. The predicted molar refractivity (Wildman–Crippen MR) is 51.9 cm³/mol. The van der Waals surface area contributed by atoms with Gasteiger partial charge in [-0.05, 0) is 49.9 Å². The van der Waals surface area contributed by atoms with E-state index in [4.69, 9.17) is 5.73 Å². The lowest BCUT2D eigenvalue weighted by Gasteiger charge is -2.50. The molecule has 0 spiro atoms. The van der Waals surface area contributed by atoms with Crippen molar-refractivity contribution in [3.8, 4) is 0 Å². The maximum Gasteiger partial charge on any atom is 0.00723 e. The van der Waals surface area contributed by atoms with Crippen molar-refractivity contribution in [3.63, 3.8) is 0 Å². The van der Waals surface area contributed by atoms with Gasteiger partial charge in [0.15, 0.2) is 0 Å². The lowest BCUT2D eigenvalue weighted by atomic mass is 9.56. The van der Waals surface area contributed by atoms with Crippen molar-refractivity contribution in [3.05, 3.63) is 0 Å². The zero-order chi connectivity index (χ0) is 8.82. The van der Waals surface area contributed by atoms with E-state index in [9.17, 15) is 0 Å². The van der Waals surface area contributed by atoms with Gasteiger partial charge < -0.3 is 5.73 Å². The molecule has 2 fully saturated rings. The van der Waals surface area contributed by atoms with Crippen molar-refractivity contribution in [1.82, 2.24) is 0 Å². The topological polar surface area (TPSA) is 26.0 Å². The molecule has 1 unspecified atom stereocenters. The minimum absolute atomic E-state index is 0.428. The minimum Gasteiger partial charge on any atom is -0.327 e. The zero-order valence-corrected chi connectivity index (χ0v) is 8.40. The van der Waals surface area contributed by atoms with Crippen LogP contribution in [0.1, 0.15) is 52.4 Å². The molecule has 0 aliphatic heterocycles. The van der Waals surface area contributed by atoms with Crippen LogP contribution in [0.25, 0.3) is 0 Å². The van der Waals surface area contributed by atoms with Gasteiger partial charge >= 0.3 is 0 Å². The highest BCUT2D eigenvalue weighted by Gasteiger charge is 2.61. The van der Waals surface area contributed by atoms with Crippen molar-refractivity contribution >= 4 is 0 Å². The molecule has 70 valence electrons. The molecule has 0 aromatic heterocycles. The molecule has 2 saturated carbocycles. The molecule has 2 N–H and O–H groups in total. The van der Waals surface area contributed by atoms with Gasteiger partial charge in [-0.25, -0.2) is 0 Å². The summed E-state index contributed by atoms with van der Waals surface area (Å²) in [6.07, 6.45) is 8.50. The van der Waals surface area contributed by atoms with Crippen LogP contribution >= 0.6 is 0 Å². The molecule has 1 atom stereocenters. The van der Waals surface area contributed by atoms with Crippen molar-refractivity contribution in [2.45, 2.75) is 58.4 Å². The van der Waals surface area contributed by atoms with Gasteiger partial charge in [-0.3, -0.25) is 0 Å². The van der Waals surface area contributed by atoms with E-state index in [2.05, 4.69) is 13.8 Å². The molecule has 0 radical (unpaired) electrons. The van der Waals surface area contributed by atoms with Gasteiger partial charge in [0.1, 0.15) is 0 Å². The summed E-state index contributed by atoms with van der Waals surface area (Å²) in [7, 11) is 0. The third kappa shape index (κ3) is 0.834. The fraction of sp³-hybridized carbons (Fsp3) is 1.00. The maximum atomic E-state index is 6.10. The highest BCUT2D eigenvalue weighted by Crippen LogP contribution is 2.69. The van der Waals surface area contributed by atoms with E-state index in [1.807, 2.05) is 0 Å². The number of hydrogen-bond donors (Lipinski definition) is 1. The second kappa shape index (κ2) is 2.47. The van der Waals surface area contributed by atoms with Crippen LogP contribution in [0.4, 0.5) is 0 Å². The summed E-state index contributed by atoms with van der Waals surface area (Å²) in [5.74, 6) is 0. The van der Waals surface area contributed by atoms with Gasteiger partial charge in [0.2, 0.25) is 0 Å². The Morgan fingerprint density at radius 2 is 1.83 bits per heavy atom. The SMILES string of the molecule is CCC1(C2(C(C)N)CC2)CCC1. The van der Waals surface area contributed by atoms with Crippen LogP contribution in [0.15, 0.2) is 0 Å². The second-order valence-corrected chi connectivity index (χ2v) is 4.93. The van der Waals surface area contributed by atoms with Crippen molar-refractivity contribution in [1.29, 1.82) is 0 Å². The molecule has 0 amide bonds. The maximum absolute atomic E-state index is 6.10. The first-order valence-corrected chi connectivity index (χ1v) is 5.42. The Bertz CT molecular complexity index is 170. The highest BCUT2D eigenvalue weighted by atomic mass is 14.8. The van der Waals surface area contributed by atoms with Gasteiger partial charge in [0.25, 0.3) is 0 Å². The zero-order valence-electron chi connectivity index (χ0n) is 8.40. The van der Waals surface area contributed by atoms with Crippen molar-refractivity contribution < 1.29 is 0 Å². The lowest BCUT2D eigenvalue weighted by Crippen LogP contribution is -2.47. The monoisotopic (exact) mass is 167 g/mol. The first-order chi connectivity index (χ1) is 5.67. The molecule has 0 bridgehead atoms. The van der Waals surface area contributed by atoms with E-state index in [0.29, 0.717) is 16.9 Å². The van der Waals surface area contributed by atoms with E-state index >= 15 is 0 Å². The molecule has 1 nitrogen and oxygen atoms in total. The second-order valence-electron chi connectivity index (χ2n) is 4.93. The summed E-state index contributed by atoms with van der Waals surface area (Å²) in [4.78, 5) is 0. The Kier molecular flexibility index (Phi) is 1.76. The Hall–Kier alpha value is -0.0400. The van der Waals surface area contributed by atoms with Gasteiger partial charge in [-0.15, -0.1) is 0 Å². The summed E-state index contributed by atoms with van der Waals surface area (Å²) in [6.45, 7) is 4.56. The van der Waals surface area contributed by atoms with Crippen LogP contribution in [-0.2, 0) is 0 Å². The van der Waals surface area contributed by atoms with Gasteiger partial charge in [0.05, 0.1) is 0 Å². The van der Waals surface area contributed by atoms with Gasteiger partial charge in [-0.2, -0.15) is 0 Å². The van der Waals surface area contributed by atoms with Crippen LogP contribution in [0.2, 0.25) is 0 Å². The standard InChI is InChI=1S/C11H21N/c1-3-10(5-4-6-10)11(7-8-11)9(2)12/h9H,3-8,12H2,1-2H3. The van der Waals surface area contributed by atoms with Crippen LogP contribution in [0.5, 0.6) is 0 Å². The molecule has 2 rings (SSSR count). The fourth-order valence-electron chi connectivity index (χ4n) is 3.41. The Morgan fingerprint density at radius 1 is 1.25 bits per heavy atom. The van der Waals surface area contributed by atoms with Crippen LogP contribution in [0.3, 0.4) is 0 Å². The normalized spacial score (nSPS) is 32.2. The summed E-state index contributed by atoms with van der Waals surface area (Å²) in [6, 6.07) is 0.428. The Labute approximate surface area is 75.7 Å². The van der Waals surface area contributed by atoms with Crippen molar-refractivity contribution in [2.75, 3.05) is 0 Å². The molecule has 0 saturated heterocycles. The molecule has 2 aliphatic carbocycles. The molecule has 12 heavy (non-hydrogen) atoms. The minimum atomic E-state index is 0.428. The average molecular weight is 167 g/mol. The molecule has 0 heterocycles. The first kappa shape index (κ1) is 8.55. The van der Waals surface area contributed by atoms with E-state index < -0.39 is 0 Å². The molecule has 1 heteroatoms.